The molecule has 0 heterocycles. The van der Waals surface area contributed by atoms with E-state index in [4.69, 9.17) is 0 Å². The van der Waals surface area contributed by atoms with Crippen LogP contribution in [0, 0.1) is 5.92 Å². The van der Waals surface area contributed by atoms with E-state index in [1.165, 1.54) is 12.2 Å². The number of carbonyl (C=O) groups excluding carboxylic acids is 3. The number of rotatable bonds is 7. The van der Waals surface area contributed by atoms with Crippen LogP contribution in [-0.4, -0.2) is 24.6 Å². The molecule has 0 aromatic heterocycles. The lowest BCUT2D eigenvalue weighted by molar-refractivity contribution is -0.150. The fourth-order valence-electron chi connectivity index (χ4n) is 2.17. The SMILES string of the molecule is COC(=O)C(C(=O)/C=C/c1ccccc1)C(=O)/C=C/c1ccccc1. The summed E-state index contributed by atoms with van der Waals surface area (Å²) in [5, 5.41) is 0. The molecule has 4 nitrogen and oxygen atoms in total. The summed E-state index contributed by atoms with van der Waals surface area (Å²) in [4.78, 5) is 36.5. The Hall–Kier alpha value is -3.27. The van der Waals surface area contributed by atoms with E-state index in [-0.39, 0.29) is 0 Å². The minimum atomic E-state index is -1.50. The van der Waals surface area contributed by atoms with Gasteiger partial charge in [-0.1, -0.05) is 72.8 Å². The normalized spacial score (nSPS) is 11.1. The molecule has 0 amide bonds. The van der Waals surface area contributed by atoms with E-state index < -0.39 is 23.5 Å². The molecule has 2 rings (SSSR count). The monoisotopic (exact) mass is 334 g/mol. The third kappa shape index (κ3) is 5.39. The summed E-state index contributed by atoms with van der Waals surface area (Å²) >= 11 is 0. The highest BCUT2D eigenvalue weighted by Crippen LogP contribution is 2.10. The topological polar surface area (TPSA) is 60.4 Å². The molecule has 0 aliphatic heterocycles. The van der Waals surface area contributed by atoms with E-state index in [0.717, 1.165) is 18.2 Å². The average Bonchev–Trinajstić information content (AvgIpc) is 2.66. The summed E-state index contributed by atoms with van der Waals surface area (Å²) < 4.78 is 4.61. The number of hydrogen-bond acceptors (Lipinski definition) is 4. The molecule has 0 aliphatic rings. The van der Waals surface area contributed by atoms with Crippen molar-refractivity contribution < 1.29 is 19.1 Å². The van der Waals surface area contributed by atoms with Crippen LogP contribution in [0.1, 0.15) is 11.1 Å². The van der Waals surface area contributed by atoms with Gasteiger partial charge in [-0.05, 0) is 23.3 Å². The molecule has 25 heavy (non-hydrogen) atoms. The molecule has 0 radical (unpaired) electrons. The summed E-state index contributed by atoms with van der Waals surface area (Å²) in [6.07, 6.45) is 5.58. The van der Waals surface area contributed by atoms with Gasteiger partial charge in [0.1, 0.15) is 0 Å². The van der Waals surface area contributed by atoms with Crippen LogP contribution in [0.15, 0.2) is 72.8 Å². The fraction of sp³-hybridized carbons (Fsp3) is 0.0952. The number of allylic oxidation sites excluding steroid dienone is 2. The van der Waals surface area contributed by atoms with Gasteiger partial charge < -0.3 is 4.74 Å². The number of hydrogen-bond donors (Lipinski definition) is 0. The summed E-state index contributed by atoms with van der Waals surface area (Å²) in [6, 6.07) is 18.3. The molecule has 0 bridgehead atoms. The Bertz CT molecular complexity index is 728. The zero-order valence-electron chi connectivity index (χ0n) is 13.8. The lowest BCUT2D eigenvalue weighted by Crippen LogP contribution is -2.30. The Balaban J connectivity index is 2.16. The molecule has 0 unspecified atom stereocenters. The van der Waals surface area contributed by atoms with Gasteiger partial charge in [-0.25, -0.2) is 0 Å². The molecule has 2 aromatic rings. The Morgan fingerprint density at radius 1 is 0.760 bits per heavy atom. The van der Waals surface area contributed by atoms with Crippen LogP contribution in [0.2, 0.25) is 0 Å². The lowest BCUT2D eigenvalue weighted by atomic mass is 9.97. The number of ketones is 2. The minimum Gasteiger partial charge on any atom is -0.468 e. The molecular weight excluding hydrogens is 316 g/mol. The highest BCUT2D eigenvalue weighted by molar-refractivity contribution is 6.24. The number of carbonyl (C=O) groups is 3. The molecule has 0 atom stereocenters. The molecule has 0 N–H and O–H groups in total. The molecule has 0 aliphatic carbocycles. The van der Waals surface area contributed by atoms with Crippen molar-refractivity contribution >= 4 is 29.7 Å². The number of benzene rings is 2. The van der Waals surface area contributed by atoms with E-state index in [2.05, 4.69) is 4.74 Å². The third-order valence-corrected chi connectivity index (χ3v) is 3.49. The van der Waals surface area contributed by atoms with Gasteiger partial charge in [0.2, 0.25) is 0 Å². The highest BCUT2D eigenvalue weighted by Gasteiger charge is 2.31. The second-order valence-electron chi connectivity index (χ2n) is 5.25. The predicted octanol–water partition coefficient (Wildman–Crippen LogP) is 3.34. The standard InChI is InChI=1S/C21H18O4/c1-25-21(24)20(18(22)14-12-16-8-4-2-5-9-16)19(23)15-13-17-10-6-3-7-11-17/h2-15,20H,1H3/b14-12+,15-13+. The van der Waals surface area contributed by atoms with Crippen LogP contribution < -0.4 is 0 Å². The van der Waals surface area contributed by atoms with Gasteiger partial charge in [-0.15, -0.1) is 0 Å². The second-order valence-corrected chi connectivity index (χ2v) is 5.25. The molecule has 0 spiro atoms. The minimum absolute atomic E-state index is 0.613. The number of ether oxygens (including phenoxy) is 1. The lowest BCUT2D eigenvalue weighted by Gasteiger charge is -2.08. The smallest absolute Gasteiger partial charge is 0.324 e. The van der Waals surface area contributed by atoms with Crippen molar-refractivity contribution in [2.45, 2.75) is 0 Å². The fourth-order valence-corrected chi connectivity index (χ4v) is 2.17. The van der Waals surface area contributed by atoms with Crippen LogP contribution in [0.5, 0.6) is 0 Å². The van der Waals surface area contributed by atoms with E-state index >= 15 is 0 Å². The summed E-state index contributed by atoms with van der Waals surface area (Å²) in [7, 11) is 1.15. The Morgan fingerprint density at radius 3 is 1.52 bits per heavy atom. The molecule has 2 aromatic carbocycles. The van der Waals surface area contributed by atoms with Gasteiger partial charge in [-0.2, -0.15) is 0 Å². The van der Waals surface area contributed by atoms with Crippen molar-refractivity contribution in [3.05, 3.63) is 83.9 Å². The molecule has 4 heteroatoms. The first-order chi connectivity index (χ1) is 12.1. The van der Waals surface area contributed by atoms with Crippen molar-refractivity contribution in [2.75, 3.05) is 7.11 Å². The van der Waals surface area contributed by atoms with E-state index in [1.54, 1.807) is 12.2 Å². The summed E-state index contributed by atoms with van der Waals surface area (Å²) in [6.45, 7) is 0. The van der Waals surface area contributed by atoms with E-state index in [9.17, 15) is 14.4 Å². The van der Waals surface area contributed by atoms with Crippen molar-refractivity contribution in [3.8, 4) is 0 Å². The predicted molar refractivity (Wildman–Crippen MR) is 96.5 cm³/mol. The van der Waals surface area contributed by atoms with Crippen molar-refractivity contribution in [1.29, 1.82) is 0 Å². The zero-order chi connectivity index (χ0) is 18.1. The van der Waals surface area contributed by atoms with Gasteiger partial charge in [0, 0.05) is 0 Å². The molecular formula is C21H18O4. The van der Waals surface area contributed by atoms with Crippen molar-refractivity contribution in [3.63, 3.8) is 0 Å². The Morgan fingerprint density at radius 2 is 1.16 bits per heavy atom. The number of esters is 1. The summed E-state index contributed by atoms with van der Waals surface area (Å²) in [5.74, 6) is -3.59. The van der Waals surface area contributed by atoms with Crippen molar-refractivity contribution in [2.24, 2.45) is 5.92 Å². The summed E-state index contributed by atoms with van der Waals surface area (Å²) in [5.41, 5.74) is 1.60. The van der Waals surface area contributed by atoms with Crippen LogP contribution in [0.25, 0.3) is 12.2 Å². The van der Waals surface area contributed by atoms with Gasteiger partial charge in [0.05, 0.1) is 7.11 Å². The Labute approximate surface area is 146 Å². The van der Waals surface area contributed by atoms with Crippen LogP contribution in [-0.2, 0) is 19.1 Å². The molecule has 0 saturated carbocycles. The van der Waals surface area contributed by atoms with Gasteiger partial charge in [-0.3, -0.25) is 14.4 Å². The zero-order valence-corrected chi connectivity index (χ0v) is 13.8. The van der Waals surface area contributed by atoms with Crippen LogP contribution >= 0.6 is 0 Å². The first kappa shape index (κ1) is 18.1. The third-order valence-electron chi connectivity index (χ3n) is 3.49. The second kappa shape index (κ2) is 9.13. The number of methoxy groups -OCH3 is 1. The largest absolute Gasteiger partial charge is 0.468 e. The maximum atomic E-state index is 12.3. The molecule has 0 saturated heterocycles. The Kier molecular flexibility index (Phi) is 6.60. The van der Waals surface area contributed by atoms with Gasteiger partial charge in [0.25, 0.3) is 0 Å². The first-order valence-corrected chi connectivity index (χ1v) is 7.73. The molecule has 126 valence electrons. The van der Waals surface area contributed by atoms with Crippen LogP contribution in [0.3, 0.4) is 0 Å². The van der Waals surface area contributed by atoms with Gasteiger partial charge >= 0.3 is 5.97 Å². The first-order valence-electron chi connectivity index (χ1n) is 7.73. The quantitative estimate of drug-likeness (QED) is 0.443. The molecule has 0 fully saturated rings. The maximum Gasteiger partial charge on any atom is 0.324 e. The van der Waals surface area contributed by atoms with E-state index in [0.29, 0.717) is 0 Å². The average molecular weight is 334 g/mol. The van der Waals surface area contributed by atoms with Crippen LogP contribution in [0.4, 0.5) is 0 Å². The maximum absolute atomic E-state index is 12.3. The van der Waals surface area contributed by atoms with Crippen molar-refractivity contribution in [1.82, 2.24) is 0 Å². The van der Waals surface area contributed by atoms with E-state index in [1.807, 2.05) is 60.7 Å². The van der Waals surface area contributed by atoms with Gasteiger partial charge in [0.15, 0.2) is 17.5 Å². The highest BCUT2D eigenvalue weighted by atomic mass is 16.5.